The van der Waals surface area contributed by atoms with Gasteiger partial charge in [0.2, 0.25) is 0 Å². The fourth-order valence-electron chi connectivity index (χ4n) is 1.18. The molecule has 0 amide bonds. The molecule has 0 unspecified atom stereocenters. The molecule has 0 aliphatic rings. The summed E-state index contributed by atoms with van der Waals surface area (Å²) < 4.78 is 4.68. The summed E-state index contributed by atoms with van der Waals surface area (Å²) in [7, 11) is 0. The van der Waals surface area contributed by atoms with Crippen LogP contribution in [0.15, 0.2) is 24.3 Å². The zero-order valence-electron chi connectivity index (χ0n) is 8.35. The monoisotopic (exact) mass is 208 g/mol. The normalized spacial score (nSPS) is 12.1. The minimum absolute atomic E-state index is 0.0854. The van der Waals surface area contributed by atoms with Crippen molar-refractivity contribution in [2.45, 2.75) is 12.5 Å². The van der Waals surface area contributed by atoms with Gasteiger partial charge < -0.3 is 15.6 Å². The molecule has 0 bridgehead atoms. The van der Waals surface area contributed by atoms with E-state index in [4.69, 9.17) is 10.8 Å². The first-order valence-electron chi connectivity index (χ1n) is 4.63. The second kappa shape index (κ2) is 5.36. The highest BCUT2D eigenvalue weighted by Gasteiger charge is 2.14. The third kappa shape index (κ3) is 3.59. The summed E-state index contributed by atoms with van der Waals surface area (Å²) in [5, 5.41) is 9.05. The Morgan fingerprint density at radius 2 is 2.07 bits per heavy atom. The summed E-state index contributed by atoms with van der Waals surface area (Å²) >= 11 is 0. The lowest BCUT2D eigenvalue weighted by molar-refractivity contribution is -0.143. The molecule has 0 saturated heterocycles. The van der Waals surface area contributed by atoms with Crippen LogP contribution in [0.1, 0.15) is 5.56 Å². The van der Waals surface area contributed by atoms with Crippen LogP contribution >= 0.6 is 0 Å². The lowest BCUT2D eigenvalue weighted by Gasteiger charge is -2.10. The predicted octanol–water partition coefficient (Wildman–Crippen LogP) is 0.639. The number of aromatic hydroxyl groups is 1. The zero-order valence-corrected chi connectivity index (χ0v) is 8.35. The molecular weight excluding hydrogens is 194 g/mol. The molecule has 0 aromatic heterocycles. The van der Waals surface area contributed by atoms with E-state index in [0.717, 1.165) is 5.56 Å². The molecule has 3 N–H and O–H groups in total. The number of phenolic OH excluding ortho intramolecular Hbond substituents is 1. The number of carbonyl (C=O) groups excluding carboxylic acids is 1. The molecule has 4 nitrogen and oxygen atoms in total. The third-order valence-corrected chi connectivity index (χ3v) is 1.94. The maximum Gasteiger partial charge on any atom is 0.323 e. The Kier molecular flexibility index (Phi) is 4.12. The maximum atomic E-state index is 11.2. The Morgan fingerprint density at radius 3 is 2.60 bits per heavy atom. The molecule has 1 aromatic carbocycles. The van der Waals surface area contributed by atoms with Gasteiger partial charge in [-0.05, 0) is 31.0 Å². The van der Waals surface area contributed by atoms with E-state index in [0.29, 0.717) is 6.42 Å². The first-order valence-corrected chi connectivity index (χ1v) is 4.63. The quantitative estimate of drug-likeness (QED) is 0.712. The molecule has 81 valence electrons. The summed E-state index contributed by atoms with van der Waals surface area (Å²) in [5.41, 5.74) is 6.48. The average molecular weight is 208 g/mol. The van der Waals surface area contributed by atoms with E-state index in [2.05, 4.69) is 11.7 Å². The Balaban J connectivity index is 2.54. The van der Waals surface area contributed by atoms with Crippen molar-refractivity contribution < 1.29 is 14.6 Å². The van der Waals surface area contributed by atoms with Gasteiger partial charge in [0.25, 0.3) is 0 Å². The standard InChI is InChI=1S/C11H14NO3/c1-2-15-11(14)10(12)7-8-3-5-9(13)6-4-8/h3-6,10,13H,1-2,7,12H2/t10-/m0/s1. The lowest BCUT2D eigenvalue weighted by Crippen LogP contribution is -2.34. The van der Waals surface area contributed by atoms with Crippen LogP contribution in [-0.4, -0.2) is 23.7 Å². The Hall–Kier alpha value is -1.55. The fraction of sp³-hybridized carbons (Fsp3) is 0.273. The highest BCUT2D eigenvalue weighted by atomic mass is 16.5. The van der Waals surface area contributed by atoms with Gasteiger partial charge in [-0.3, -0.25) is 4.79 Å². The van der Waals surface area contributed by atoms with Gasteiger partial charge in [0.05, 0.1) is 6.61 Å². The van der Waals surface area contributed by atoms with Crippen molar-refractivity contribution >= 4 is 5.97 Å². The number of phenols is 1. The number of rotatable bonds is 4. The topological polar surface area (TPSA) is 72.5 Å². The van der Waals surface area contributed by atoms with Gasteiger partial charge in [0, 0.05) is 0 Å². The fourth-order valence-corrected chi connectivity index (χ4v) is 1.18. The van der Waals surface area contributed by atoms with Crippen molar-refractivity contribution in [3.63, 3.8) is 0 Å². The second-order valence-electron chi connectivity index (χ2n) is 3.14. The van der Waals surface area contributed by atoms with Gasteiger partial charge in [-0.15, -0.1) is 0 Å². The van der Waals surface area contributed by atoms with E-state index < -0.39 is 12.0 Å². The van der Waals surface area contributed by atoms with E-state index in [1.807, 2.05) is 0 Å². The summed E-state index contributed by atoms with van der Waals surface area (Å²) in [5.74, 6) is -0.272. The van der Waals surface area contributed by atoms with Crippen LogP contribution in [0, 0.1) is 6.92 Å². The molecule has 0 fully saturated rings. The van der Waals surface area contributed by atoms with Crippen molar-refractivity contribution in [3.8, 4) is 5.75 Å². The number of hydrogen-bond acceptors (Lipinski definition) is 4. The molecule has 0 spiro atoms. The first-order chi connectivity index (χ1) is 7.13. The van der Waals surface area contributed by atoms with E-state index in [9.17, 15) is 4.79 Å². The van der Waals surface area contributed by atoms with Gasteiger partial charge in [0.15, 0.2) is 0 Å². The molecule has 1 atom stereocenters. The predicted molar refractivity (Wildman–Crippen MR) is 56.1 cm³/mol. The van der Waals surface area contributed by atoms with Gasteiger partial charge in [0.1, 0.15) is 11.8 Å². The van der Waals surface area contributed by atoms with Gasteiger partial charge in [-0.25, -0.2) is 0 Å². The van der Waals surface area contributed by atoms with Crippen LogP contribution in [-0.2, 0) is 16.0 Å². The summed E-state index contributed by atoms with van der Waals surface area (Å²) in [4.78, 5) is 11.2. The molecule has 4 heteroatoms. The first kappa shape index (κ1) is 11.5. The van der Waals surface area contributed by atoms with Gasteiger partial charge in [-0.2, -0.15) is 0 Å². The largest absolute Gasteiger partial charge is 0.508 e. The van der Waals surface area contributed by atoms with Crippen LogP contribution in [0.5, 0.6) is 5.75 Å². The third-order valence-electron chi connectivity index (χ3n) is 1.94. The Labute approximate surface area is 88.7 Å². The van der Waals surface area contributed by atoms with Crippen LogP contribution in [0.2, 0.25) is 0 Å². The van der Waals surface area contributed by atoms with Crippen molar-refractivity contribution in [1.29, 1.82) is 0 Å². The molecular formula is C11H14NO3. The lowest BCUT2D eigenvalue weighted by atomic mass is 10.1. The van der Waals surface area contributed by atoms with E-state index in [-0.39, 0.29) is 12.4 Å². The van der Waals surface area contributed by atoms with Crippen molar-refractivity contribution in [1.82, 2.24) is 0 Å². The van der Waals surface area contributed by atoms with Crippen LogP contribution < -0.4 is 5.73 Å². The minimum atomic E-state index is -0.684. The summed E-state index contributed by atoms with van der Waals surface area (Å²) in [6, 6.07) is 5.85. The molecule has 0 saturated carbocycles. The highest BCUT2D eigenvalue weighted by Crippen LogP contribution is 2.11. The van der Waals surface area contributed by atoms with E-state index in [1.54, 1.807) is 24.3 Å². The average Bonchev–Trinajstić information content (AvgIpc) is 2.22. The van der Waals surface area contributed by atoms with Crippen molar-refractivity contribution in [2.24, 2.45) is 5.73 Å². The summed E-state index contributed by atoms with van der Waals surface area (Å²) in [6.45, 7) is 3.48. The molecule has 0 heterocycles. The molecule has 1 radical (unpaired) electrons. The van der Waals surface area contributed by atoms with E-state index >= 15 is 0 Å². The van der Waals surface area contributed by atoms with Gasteiger partial charge in [-0.1, -0.05) is 12.1 Å². The van der Waals surface area contributed by atoms with Crippen molar-refractivity contribution in [2.75, 3.05) is 6.61 Å². The molecule has 0 aliphatic carbocycles. The second-order valence-corrected chi connectivity index (χ2v) is 3.14. The molecule has 15 heavy (non-hydrogen) atoms. The van der Waals surface area contributed by atoms with Gasteiger partial charge >= 0.3 is 5.97 Å². The number of ether oxygens (including phenoxy) is 1. The van der Waals surface area contributed by atoms with Crippen molar-refractivity contribution in [3.05, 3.63) is 36.8 Å². The smallest absolute Gasteiger partial charge is 0.323 e. The van der Waals surface area contributed by atoms with Crippen LogP contribution in [0.25, 0.3) is 0 Å². The summed E-state index contributed by atoms with van der Waals surface area (Å²) in [6.07, 6.45) is 0.388. The van der Waals surface area contributed by atoms with Crippen LogP contribution in [0.4, 0.5) is 0 Å². The molecule has 1 rings (SSSR count). The number of esters is 1. The van der Waals surface area contributed by atoms with E-state index in [1.165, 1.54) is 0 Å². The highest BCUT2D eigenvalue weighted by molar-refractivity contribution is 5.75. The Bertz CT molecular complexity index is 321. The zero-order chi connectivity index (χ0) is 11.3. The Morgan fingerprint density at radius 1 is 1.47 bits per heavy atom. The number of hydrogen-bond donors (Lipinski definition) is 2. The maximum absolute atomic E-state index is 11.2. The minimum Gasteiger partial charge on any atom is -0.508 e. The number of nitrogens with two attached hydrogens (primary N) is 1. The SMILES string of the molecule is [CH2]COC(=O)[C@@H](N)Cc1ccc(O)cc1. The van der Waals surface area contributed by atoms with Crippen LogP contribution in [0.3, 0.4) is 0 Å². The number of benzene rings is 1. The molecule has 0 aliphatic heterocycles. The molecule has 1 aromatic rings. The number of carbonyl (C=O) groups is 1.